The van der Waals surface area contributed by atoms with Gasteiger partial charge >= 0.3 is 5.97 Å². The van der Waals surface area contributed by atoms with Crippen molar-refractivity contribution in [2.45, 2.75) is 0 Å². The van der Waals surface area contributed by atoms with Gasteiger partial charge in [-0.15, -0.1) is 0 Å². The van der Waals surface area contributed by atoms with Crippen LogP contribution in [-0.2, 0) is 0 Å². The zero-order valence-electron chi connectivity index (χ0n) is 28.0. The molecular formula is C38H11F15N4O2. The molecule has 3 aromatic carbocycles. The van der Waals surface area contributed by atoms with Crippen molar-refractivity contribution in [3.05, 3.63) is 135 Å². The van der Waals surface area contributed by atoms with Gasteiger partial charge < -0.3 is 20.1 Å². The lowest BCUT2D eigenvalue weighted by Gasteiger charge is -2.11. The van der Waals surface area contributed by atoms with Crippen LogP contribution in [0, 0.1) is 87.3 Å². The lowest BCUT2D eigenvalue weighted by molar-refractivity contribution is 0.0699. The minimum Gasteiger partial charge on any atom is -0.478 e. The van der Waals surface area contributed by atoms with Crippen LogP contribution >= 0.6 is 0 Å². The van der Waals surface area contributed by atoms with Crippen LogP contribution in [0.1, 0.15) is 21.7 Å². The molecule has 300 valence electrons. The normalized spacial score (nSPS) is 12.1. The highest BCUT2D eigenvalue weighted by Gasteiger charge is 2.34. The average molecular weight is 841 g/mol. The van der Waals surface area contributed by atoms with Gasteiger partial charge in [-0.3, -0.25) is 0 Å². The van der Waals surface area contributed by atoms with Gasteiger partial charge in [-0.25, -0.2) is 75.6 Å². The second-order valence-corrected chi connectivity index (χ2v) is 12.5. The maximum Gasteiger partial charge on any atom is 0.337 e. The first kappa shape index (κ1) is 38.7. The average Bonchev–Trinajstić information content (AvgIpc) is 4.05. The number of aromatic nitrogens is 4. The number of rotatable bonds is 4. The first-order valence-corrected chi connectivity index (χ1v) is 16.0. The Morgan fingerprint density at radius 3 is 1.14 bits per heavy atom. The fourth-order valence-electron chi connectivity index (χ4n) is 6.66. The number of aromatic amines is 3. The van der Waals surface area contributed by atoms with Gasteiger partial charge in [0.15, 0.2) is 69.8 Å². The third-order valence-corrected chi connectivity index (χ3v) is 9.30. The number of hydrogen-bond acceptors (Lipinski definition) is 2. The highest BCUT2D eigenvalue weighted by molar-refractivity contribution is 6.07. The molecule has 0 saturated heterocycles. The number of fused-ring (bicyclic) bond motifs is 9. The van der Waals surface area contributed by atoms with Crippen LogP contribution in [-0.4, -0.2) is 31.0 Å². The van der Waals surface area contributed by atoms with Gasteiger partial charge in [0.1, 0.15) is 0 Å². The third kappa shape index (κ3) is 5.54. The first-order valence-electron chi connectivity index (χ1n) is 16.0. The summed E-state index contributed by atoms with van der Waals surface area (Å²) in [7, 11) is 0. The Bertz CT molecular complexity index is 3130. The van der Waals surface area contributed by atoms with Crippen molar-refractivity contribution in [2.75, 3.05) is 0 Å². The van der Waals surface area contributed by atoms with Crippen molar-refractivity contribution < 1.29 is 75.8 Å². The predicted octanol–water partition coefficient (Wildman–Crippen LogP) is 11.5. The van der Waals surface area contributed by atoms with Gasteiger partial charge in [-0.2, -0.15) is 0 Å². The van der Waals surface area contributed by atoms with E-state index in [0.29, 0.717) is 12.2 Å². The van der Waals surface area contributed by atoms with Crippen LogP contribution in [0.15, 0.2) is 30.3 Å². The zero-order valence-corrected chi connectivity index (χ0v) is 28.0. The van der Waals surface area contributed by atoms with Crippen LogP contribution < -0.4 is 0 Å². The summed E-state index contributed by atoms with van der Waals surface area (Å²) in [6, 6.07) is 4.26. The second kappa shape index (κ2) is 13.5. The number of H-pyrrole nitrogens is 3. The molecule has 0 amide bonds. The molecule has 0 unspecified atom stereocenters. The summed E-state index contributed by atoms with van der Waals surface area (Å²) in [6.07, 6.45) is 1.35. The summed E-state index contributed by atoms with van der Waals surface area (Å²) in [5.74, 6) is -39.9. The molecule has 0 fully saturated rings. The zero-order chi connectivity index (χ0) is 42.7. The van der Waals surface area contributed by atoms with E-state index < -0.39 is 171 Å². The van der Waals surface area contributed by atoms with Crippen LogP contribution in [0.5, 0.6) is 0 Å². The minimum absolute atomic E-state index is 0.321. The minimum atomic E-state index is -2.65. The molecule has 0 radical (unpaired) electrons. The molecule has 0 aliphatic carbocycles. The Morgan fingerprint density at radius 2 is 0.712 bits per heavy atom. The number of carboxylic acids is 1. The highest BCUT2D eigenvalue weighted by Crippen LogP contribution is 2.43. The Morgan fingerprint density at radius 1 is 0.390 bits per heavy atom. The smallest absolute Gasteiger partial charge is 0.337 e. The SMILES string of the molecule is O=C(O)c1cc2[nH]c1c(-c1c(F)c(F)c(F)c(F)c1F)c1nc(c(-c3c(F)c(F)c(F)c(F)c3F)c3ccc([nH]3)c(-c3c(F)c(F)c(F)c(F)c3F)c3ccc2[nH]3)C=C1. The molecule has 5 heterocycles. The number of halogens is 15. The van der Waals surface area contributed by atoms with Crippen LogP contribution in [0.3, 0.4) is 0 Å². The topological polar surface area (TPSA) is 97.6 Å². The molecule has 8 bridgehead atoms. The standard InChI is InChI=1S/C38H11F15N4O2/c39-22-19(23(40)29(46)34(51)28(22)45)16-10-2-1-9(54-10)15-7-8(38(58)59)37(57-15)18(21-26(43)32(49)36(53)33(50)27(21)44)14-6-5-13(56-14)17(12-4-3-11(16)55-12)20-24(41)30(47)35(52)31(48)25(20)42/h1-7,54-55,57H,(H,58,59). The number of hydrogen-bond donors (Lipinski definition) is 4. The summed E-state index contributed by atoms with van der Waals surface area (Å²) in [6.45, 7) is 0. The molecule has 1 aliphatic rings. The molecule has 8 rings (SSSR count). The van der Waals surface area contributed by atoms with E-state index in [1.54, 1.807) is 0 Å². The van der Waals surface area contributed by atoms with Gasteiger partial charge in [0.05, 0.1) is 50.2 Å². The summed E-state index contributed by atoms with van der Waals surface area (Å²) in [5, 5.41) is 10.2. The quantitative estimate of drug-likeness (QED) is 0.0807. The van der Waals surface area contributed by atoms with Crippen LogP contribution in [0.25, 0.3) is 78.6 Å². The largest absolute Gasteiger partial charge is 0.478 e. The summed E-state index contributed by atoms with van der Waals surface area (Å²) in [4.78, 5) is 23.9. The summed E-state index contributed by atoms with van der Waals surface area (Å²) in [5.41, 5.74) is -15.2. The molecule has 6 nitrogen and oxygen atoms in total. The Labute approximate surface area is 314 Å². The Hall–Kier alpha value is -7.19. The maximum absolute atomic E-state index is 15.6. The molecular weight excluding hydrogens is 829 g/mol. The lowest BCUT2D eigenvalue weighted by atomic mass is 9.99. The van der Waals surface area contributed by atoms with Gasteiger partial charge in [0.2, 0.25) is 17.5 Å². The second-order valence-electron chi connectivity index (χ2n) is 12.5. The summed E-state index contributed by atoms with van der Waals surface area (Å²) < 4.78 is 225. The maximum atomic E-state index is 15.6. The van der Waals surface area contributed by atoms with Crippen molar-refractivity contribution in [1.29, 1.82) is 0 Å². The highest BCUT2D eigenvalue weighted by atomic mass is 19.2. The van der Waals surface area contributed by atoms with Gasteiger partial charge in [0.25, 0.3) is 0 Å². The number of aromatic carboxylic acids is 1. The third-order valence-electron chi connectivity index (χ3n) is 9.30. The number of carboxylic acid groups (broad SMARTS) is 1. The van der Waals surface area contributed by atoms with Crippen molar-refractivity contribution in [3.63, 3.8) is 0 Å². The monoisotopic (exact) mass is 840 g/mol. The Kier molecular flexibility index (Phi) is 8.82. The van der Waals surface area contributed by atoms with E-state index in [4.69, 9.17) is 0 Å². The molecule has 4 N–H and O–H groups in total. The lowest BCUT2D eigenvalue weighted by Crippen LogP contribution is -2.06. The fourth-order valence-corrected chi connectivity index (χ4v) is 6.66. The first-order chi connectivity index (χ1) is 27.8. The van der Waals surface area contributed by atoms with Crippen molar-refractivity contribution in [1.82, 2.24) is 19.9 Å². The van der Waals surface area contributed by atoms with E-state index in [-0.39, 0.29) is 5.52 Å². The number of carbonyl (C=O) groups is 1. The van der Waals surface area contributed by atoms with Gasteiger partial charge in [-0.1, -0.05) is 0 Å². The fraction of sp³-hybridized carbons (Fsp3) is 0. The van der Waals surface area contributed by atoms with E-state index in [9.17, 15) is 49.4 Å². The molecule has 4 aromatic heterocycles. The molecule has 1 aliphatic heterocycles. The number of nitrogens with one attached hydrogen (secondary N) is 3. The van der Waals surface area contributed by atoms with Crippen molar-refractivity contribution in [2.24, 2.45) is 0 Å². The van der Waals surface area contributed by atoms with E-state index in [0.717, 1.165) is 30.3 Å². The molecule has 0 atom stereocenters. The van der Waals surface area contributed by atoms with E-state index in [1.165, 1.54) is 0 Å². The molecule has 0 spiro atoms. The van der Waals surface area contributed by atoms with E-state index in [1.807, 2.05) is 0 Å². The van der Waals surface area contributed by atoms with Gasteiger partial charge in [-0.05, 0) is 42.5 Å². The van der Waals surface area contributed by atoms with Crippen molar-refractivity contribution in [3.8, 4) is 33.4 Å². The molecule has 0 saturated carbocycles. The van der Waals surface area contributed by atoms with E-state index in [2.05, 4.69) is 19.9 Å². The van der Waals surface area contributed by atoms with Crippen molar-refractivity contribution >= 4 is 51.2 Å². The van der Waals surface area contributed by atoms with E-state index >= 15 is 26.3 Å². The Balaban J connectivity index is 1.70. The molecule has 7 aromatic rings. The molecule has 21 heteroatoms. The van der Waals surface area contributed by atoms with Crippen LogP contribution in [0.2, 0.25) is 0 Å². The predicted molar refractivity (Wildman–Crippen MR) is 178 cm³/mol. The van der Waals surface area contributed by atoms with Crippen LogP contribution in [0.4, 0.5) is 65.9 Å². The van der Waals surface area contributed by atoms with Gasteiger partial charge in [0, 0.05) is 33.2 Å². The number of nitrogens with zero attached hydrogens (tertiary/aromatic N) is 1. The summed E-state index contributed by atoms with van der Waals surface area (Å²) >= 11 is 0. The molecule has 59 heavy (non-hydrogen) atoms. The number of benzene rings is 3.